The Balaban J connectivity index is 1.87. The van der Waals surface area contributed by atoms with Crippen molar-refractivity contribution in [2.45, 2.75) is 19.5 Å². The maximum absolute atomic E-state index is 12.0. The second-order valence-corrected chi connectivity index (χ2v) is 5.18. The van der Waals surface area contributed by atoms with E-state index in [9.17, 15) is 4.79 Å². The van der Waals surface area contributed by atoms with E-state index in [1.54, 1.807) is 12.1 Å². The van der Waals surface area contributed by atoms with Crippen molar-refractivity contribution in [2.75, 3.05) is 0 Å². The van der Waals surface area contributed by atoms with E-state index in [2.05, 4.69) is 15.5 Å². The van der Waals surface area contributed by atoms with Crippen LogP contribution < -0.4 is 11.1 Å². The molecule has 0 radical (unpaired) electrons. The van der Waals surface area contributed by atoms with Gasteiger partial charge in [0.2, 0.25) is 0 Å². The first-order valence-corrected chi connectivity index (χ1v) is 7.29. The average Bonchev–Trinajstić information content (AvgIpc) is 2.99. The van der Waals surface area contributed by atoms with E-state index in [1.807, 2.05) is 43.3 Å². The standard InChI is InChI=1S/C17H18N4O/c1-2-15(18)19-17(22)12-9-7-11(8-10-12)16-13-5-3-4-6-14(13)20-21-16/h3-10,15H,2,18H2,1H3,(H,19,22)(H,20,21). The molecule has 2 aromatic carbocycles. The molecule has 0 saturated carbocycles. The Morgan fingerprint density at radius 1 is 1.23 bits per heavy atom. The number of hydrogen-bond acceptors (Lipinski definition) is 3. The molecule has 1 atom stereocenters. The Kier molecular flexibility index (Phi) is 3.89. The lowest BCUT2D eigenvalue weighted by Gasteiger charge is -2.11. The van der Waals surface area contributed by atoms with Gasteiger partial charge in [0.05, 0.1) is 17.4 Å². The quantitative estimate of drug-likeness (QED) is 0.647. The van der Waals surface area contributed by atoms with Crippen LogP contribution in [0, 0.1) is 0 Å². The first-order chi connectivity index (χ1) is 10.7. The Bertz CT molecular complexity index is 792. The average molecular weight is 294 g/mol. The van der Waals surface area contributed by atoms with Gasteiger partial charge in [-0.2, -0.15) is 5.10 Å². The number of aromatic nitrogens is 2. The maximum Gasteiger partial charge on any atom is 0.252 e. The van der Waals surface area contributed by atoms with Crippen molar-refractivity contribution in [1.29, 1.82) is 0 Å². The normalized spacial score (nSPS) is 12.3. The number of nitrogens with one attached hydrogen (secondary N) is 2. The summed E-state index contributed by atoms with van der Waals surface area (Å²) in [5.41, 5.74) is 9.17. The summed E-state index contributed by atoms with van der Waals surface area (Å²) in [6.07, 6.45) is 0.380. The van der Waals surface area contributed by atoms with Gasteiger partial charge in [0.1, 0.15) is 0 Å². The minimum atomic E-state index is -0.317. The molecule has 5 nitrogen and oxygen atoms in total. The van der Waals surface area contributed by atoms with Crippen LogP contribution in [-0.2, 0) is 0 Å². The highest BCUT2D eigenvalue weighted by atomic mass is 16.1. The molecule has 4 N–H and O–H groups in total. The third-order valence-corrected chi connectivity index (χ3v) is 3.65. The summed E-state index contributed by atoms with van der Waals surface area (Å²) in [6.45, 7) is 1.93. The Morgan fingerprint density at radius 3 is 2.68 bits per heavy atom. The first kappa shape index (κ1) is 14.3. The maximum atomic E-state index is 12.0. The number of aromatic amines is 1. The Labute approximate surface area is 128 Å². The highest BCUT2D eigenvalue weighted by molar-refractivity contribution is 5.96. The van der Waals surface area contributed by atoms with E-state index >= 15 is 0 Å². The molecule has 112 valence electrons. The number of amides is 1. The van der Waals surface area contributed by atoms with Crippen LogP contribution in [0.1, 0.15) is 23.7 Å². The van der Waals surface area contributed by atoms with Crippen LogP contribution in [0.25, 0.3) is 22.2 Å². The van der Waals surface area contributed by atoms with Crippen molar-refractivity contribution in [3.63, 3.8) is 0 Å². The van der Waals surface area contributed by atoms with Crippen LogP contribution in [0.2, 0.25) is 0 Å². The van der Waals surface area contributed by atoms with Crippen molar-refractivity contribution in [2.24, 2.45) is 5.73 Å². The van der Waals surface area contributed by atoms with E-state index in [1.165, 1.54) is 0 Å². The predicted octanol–water partition coefficient (Wildman–Crippen LogP) is 2.65. The van der Waals surface area contributed by atoms with Gasteiger partial charge in [-0.25, -0.2) is 0 Å². The van der Waals surface area contributed by atoms with Crippen molar-refractivity contribution in [3.05, 3.63) is 54.1 Å². The minimum Gasteiger partial charge on any atom is -0.337 e. The molecule has 1 amide bonds. The lowest BCUT2D eigenvalue weighted by atomic mass is 10.1. The van der Waals surface area contributed by atoms with Gasteiger partial charge >= 0.3 is 0 Å². The van der Waals surface area contributed by atoms with Gasteiger partial charge in [0.15, 0.2) is 0 Å². The number of carbonyl (C=O) groups excluding carboxylic acids is 1. The molecule has 0 fully saturated rings. The number of nitrogens with two attached hydrogens (primary N) is 1. The van der Waals surface area contributed by atoms with Crippen LogP contribution in [0.4, 0.5) is 0 Å². The molecule has 3 rings (SSSR count). The second kappa shape index (κ2) is 5.99. The van der Waals surface area contributed by atoms with E-state index in [-0.39, 0.29) is 12.1 Å². The molecule has 3 aromatic rings. The lowest BCUT2D eigenvalue weighted by molar-refractivity contribution is 0.0937. The SMILES string of the molecule is CCC(N)NC(=O)c1ccc(-c2n[nH]c3ccccc23)cc1. The molecule has 1 aromatic heterocycles. The highest BCUT2D eigenvalue weighted by Crippen LogP contribution is 2.26. The number of hydrogen-bond donors (Lipinski definition) is 3. The van der Waals surface area contributed by atoms with Crippen LogP contribution >= 0.6 is 0 Å². The highest BCUT2D eigenvalue weighted by Gasteiger charge is 2.11. The van der Waals surface area contributed by atoms with E-state index in [0.29, 0.717) is 12.0 Å². The van der Waals surface area contributed by atoms with Crippen LogP contribution in [0.5, 0.6) is 0 Å². The van der Waals surface area contributed by atoms with Crippen molar-refractivity contribution in [1.82, 2.24) is 15.5 Å². The van der Waals surface area contributed by atoms with Gasteiger partial charge in [-0.1, -0.05) is 37.3 Å². The molecule has 1 heterocycles. The lowest BCUT2D eigenvalue weighted by Crippen LogP contribution is -2.40. The molecule has 0 spiro atoms. The molecular formula is C17H18N4O. The number of H-pyrrole nitrogens is 1. The zero-order valence-electron chi connectivity index (χ0n) is 12.3. The predicted molar refractivity (Wildman–Crippen MR) is 87.3 cm³/mol. The molecule has 0 aliphatic heterocycles. The van der Waals surface area contributed by atoms with Gasteiger partial charge in [-0.15, -0.1) is 0 Å². The fourth-order valence-electron chi connectivity index (χ4n) is 2.32. The molecule has 5 heteroatoms. The van der Waals surface area contributed by atoms with E-state index < -0.39 is 0 Å². The molecule has 0 bridgehead atoms. The molecular weight excluding hydrogens is 276 g/mol. The van der Waals surface area contributed by atoms with Crippen LogP contribution in [0.3, 0.4) is 0 Å². The van der Waals surface area contributed by atoms with Gasteiger partial charge in [-0.3, -0.25) is 9.89 Å². The minimum absolute atomic E-state index is 0.159. The number of para-hydroxylation sites is 1. The largest absolute Gasteiger partial charge is 0.337 e. The third kappa shape index (κ3) is 2.71. The smallest absolute Gasteiger partial charge is 0.252 e. The molecule has 0 saturated heterocycles. The van der Waals surface area contributed by atoms with Gasteiger partial charge in [-0.05, 0) is 24.6 Å². The van der Waals surface area contributed by atoms with Crippen molar-refractivity contribution < 1.29 is 4.79 Å². The van der Waals surface area contributed by atoms with E-state index in [4.69, 9.17) is 5.73 Å². The zero-order chi connectivity index (χ0) is 15.5. The fourth-order valence-corrected chi connectivity index (χ4v) is 2.32. The summed E-state index contributed by atoms with van der Waals surface area (Å²) in [7, 11) is 0. The number of nitrogens with zero attached hydrogens (tertiary/aromatic N) is 1. The Hall–Kier alpha value is -2.66. The van der Waals surface area contributed by atoms with Crippen molar-refractivity contribution >= 4 is 16.8 Å². The summed E-state index contributed by atoms with van der Waals surface area (Å²) in [5.74, 6) is -0.159. The zero-order valence-corrected chi connectivity index (χ0v) is 12.3. The molecule has 1 unspecified atom stereocenters. The Morgan fingerprint density at radius 2 is 1.95 bits per heavy atom. The summed E-state index contributed by atoms with van der Waals surface area (Å²) in [4.78, 5) is 12.0. The second-order valence-electron chi connectivity index (χ2n) is 5.18. The van der Waals surface area contributed by atoms with Gasteiger partial charge in [0.25, 0.3) is 5.91 Å². The number of carbonyl (C=O) groups is 1. The number of rotatable bonds is 4. The third-order valence-electron chi connectivity index (χ3n) is 3.65. The number of benzene rings is 2. The van der Waals surface area contributed by atoms with Gasteiger partial charge < -0.3 is 11.1 Å². The summed E-state index contributed by atoms with van der Waals surface area (Å²) in [6, 6.07) is 15.3. The van der Waals surface area contributed by atoms with Gasteiger partial charge in [0, 0.05) is 16.5 Å². The fraction of sp³-hybridized carbons (Fsp3) is 0.176. The monoisotopic (exact) mass is 294 g/mol. The van der Waals surface area contributed by atoms with Crippen molar-refractivity contribution in [3.8, 4) is 11.3 Å². The van der Waals surface area contributed by atoms with Crippen LogP contribution in [-0.4, -0.2) is 22.3 Å². The molecule has 22 heavy (non-hydrogen) atoms. The van der Waals surface area contributed by atoms with Crippen LogP contribution in [0.15, 0.2) is 48.5 Å². The van der Waals surface area contributed by atoms with E-state index in [0.717, 1.165) is 22.2 Å². The number of fused-ring (bicyclic) bond motifs is 1. The molecule has 0 aliphatic rings. The summed E-state index contributed by atoms with van der Waals surface area (Å²) in [5, 5.41) is 11.2. The summed E-state index contributed by atoms with van der Waals surface area (Å²) < 4.78 is 0. The topological polar surface area (TPSA) is 83.8 Å². The first-order valence-electron chi connectivity index (χ1n) is 7.29. The summed E-state index contributed by atoms with van der Waals surface area (Å²) >= 11 is 0. The molecule has 0 aliphatic carbocycles.